The fraction of sp³-hybridized carbons (Fsp3) is 0.478. The Labute approximate surface area is 188 Å². The zero-order chi connectivity index (χ0) is 23.3. The van der Waals surface area contributed by atoms with Crippen LogP contribution in [0.3, 0.4) is 0 Å². The summed E-state index contributed by atoms with van der Waals surface area (Å²) < 4.78 is 10.4. The number of nitrogens with two attached hydrogens (primary N) is 1. The number of hydrogen-bond acceptors (Lipinski definition) is 8. The lowest BCUT2D eigenvalue weighted by molar-refractivity contribution is -0.142. The van der Waals surface area contributed by atoms with Gasteiger partial charge in [-0.15, -0.1) is 0 Å². The number of hydrogen-bond donors (Lipinski definition) is 1. The van der Waals surface area contributed by atoms with Crippen LogP contribution in [-0.2, 0) is 20.8 Å². The van der Waals surface area contributed by atoms with Crippen molar-refractivity contribution >= 4 is 18.0 Å². The van der Waals surface area contributed by atoms with Crippen LogP contribution < -0.4 is 5.73 Å². The third-order valence-electron chi connectivity index (χ3n) is 5.26. The number of piperazine rings is 1. The SMILES string of the molecule is COC(=O)CC1CN(C(=O)OC(C)(C)C)CCN1Cc1ccccc1-c1cnc(N)nc1. The van der Waals surface area contributed by atoms with Crippen LogP contribution in [-0.4, -0.2) is 70.2 Å². The van der Waals surface area contributed by atoms with E-state index in [0.717, 1.165) is 16.7 Å². The number of ether oxygens (including phenoxy) is 2. The average molecular weight is 442 g/mol. The van der Waals surface area contributed by atoms with Crippen molar-refractivity contribution in [2.75, 3.05) is 32.5 Å². The van der Waals surface area contributed by atoms with Crippen molar-refractivity contribution in [1.82, 2.24) is 19.8 Å². The van der Waals surface area contributed by atoms with Crippen LogP contribution in [0.4, 0.5) is 10.7 Å². The lowest BCUT2D eigenvalue weighted by Gasteiger charge is -2.41. The Kier molecular flexibility index (Phi) is 7.29. The van der Waals surface area contributed by atoms with Crippen LogP contribution in [0.5, 0.6) is 0 Å². The quantitative estimate of drug-likeness (QED) is 0.705. The first-order chi connectivity index (χ1) is 15.2. The lowest BCUT2D eigenvalue weighted by Crippen LogP contribution is -2.55. The van der Waals surface area contributed by atoms with Crippen molar-refractivity contribution in [3.8, 4) is 11.1 Å². The molecular formula is C23H31N5O4. The molecule has 1 aromatic carbocycles. The molecular weight excluding hydrogens is 410 g/mol. The number of carbonyl (C=O) groups excluding carboxylic acids is 2. The summed E-state index contributed by atoms with van der Waals surface area (Å²) in [5.41, 5.74) is 7.99. The molecule has 3 rings (SSSR count). The Morgan fingerprint density at radius 2 is 1.84 bits per heavy atom. The first kappa shape index (κ1) is 23.5. The minimum Gasteiger partial charge on any atom is -0.469 e. The fourth-order valence-electron chi connectivity index (χ4n) is 3.70. The summed E-state index contributed by atoms with van der Waals surface area (Å²) in [6.45, 7) is 7.62. The number of esters is 1. The molecule has 32 heavy (non-hydrogen) atoms. The van der Waals surface area contributed by atoms with Crippen molar-refractivity contribution in [3.63, 3.8) is 0 Å². The second-order valence-electron chi connectivity index (χ2n) is 8.82. The minimum atomic E-state index is -0.577. The van der Waals surface area contributed by atoms with Gasteiger partial charge < -0.3 is 20.1 Å². The summed E-state index contributed by atoms with van der Waals surface area (Å²) in [5.74, 6) is -0.0890. The molecule has 1 fully saturated rings. The number of nitrogen functional groups attached to an aromatic ring is 1. The topological polar surface area (TPSA) is 111 Å². The van der Waals surface area contributed by atoms with Gasteiger partial charge in [0.1, 0.15) is 5.60 Å². The van der Waals surface area contributed by atoms with Crippen molar-refractivity contribution in [2.45, 2.75) is 45.4 Å². The van der Waals surface area contributed by atoms with E-state index in [4.69, 9.17) is 15.2 Å². The van der Waals surface area contributed by atoms with Crippen LogP contribution in [0, 0.1) is 0 Å². The van der Waals surface area contributed by atoms with Gasteiger partial charge >= 0.3 is 12.1 Å². The maximum Gasteiger partial charge on any atom is 0.410 e. The zero-order valence-electron chi connectivity index (χ0n) is 19.1. The van der Waals surface area contributed by atoms with Gasteiger partial charge in [0.05, 0.1) is 13.5 Å². The van der Waals surface area contributed by atoms with Crippen LogP contribution in [0.1, 0.15) is 32.8 Å². The average Bonchev–Trinajstić information content (AvgIpc) is 2.74. The van der Waals surface area contributed by atoms with Crippen molar-refractivity contribution in [2.24, 2.45) is 0 Å². The van der Waals surface area contributed by atoms with Gasteiger partial charge in [-0.2, -0.15) is 0 Å². The molecule has 9 nitrogen and oxygen atoms in total. The Bertz CT molecular complexity index is 942. The number of methoxy groups -OCH3 is 1. The van der Waals surface area contributed by atoms with E-state index in [1.807, 2.05) is 45.0 Å². The summed E-state index contributed by atoms with van der Waals surface area (Å²) in [7, 11) is 1.37. The third kappa shape index (κ3) is 6.16. The Morgan fingerprint density at radius 1 is 1.16 bits per heavy atom. The molecule has 9 heteroatoms. The Morgan fingerprint density at radius 3 is 2.50 bits per heavy atom. The van der Waals surface area contributed by atoms with Gasteiger partial charge in [0.25, 0.3) is 0 Å². The van der Waals surface area contributed by atoms with E-state index in [1.54, 1.807) is 17.3 Å². The van der Waals surface area contributed by atoms with Crippen LogP contribution in [0.25, 0.3) is 11.1 Å². The third-order valence-corrected chi connectivity index (χ3v) is 5.26. The zero-order valence-corrected chi connectivity index (χ0v) is 19.1. The first-order valence-electron chi connectivity index (χ1n) is 10.6. The van der Waals surface area contributed by atoms with Gasteiger partial charge in [-0.1, -0.05) is 24.3 Å². The van der Waals surface area contributed by atoms with Crippen molar-refractivity contribution in [1.29, 1.82) is 0 Å². The first-order valence-corrected chi connectivity index (χ1v) is 10.6. The fourth-order valence-corrected chi connectivity index (χ4v) is 3.70. The van der Waals surface area contributed by atoms with Gasteiger partial charge in [-0.3, -0.25) is 9.69 Å². The molecule has 1 amide bonds. The number of benzene rings is 1. The Balaban J connectivity index is 1.80. The van der Waals surface area contributed by atoms with Gasteiger partial charge in [-0.25, -0.2) is 14.8 Å². The monoisotopic (exact) mass is 441 g/mol. The van der Waals surface area contributed by atoms with E-state index in [-0.39, 0.29) is 30.5 Å². The smallest absolute Gasteiger partial charge is 0.410 e. The van der Waals surface area contributed by atoms with Crippen LogP contribution in [0.15, 0.2) is 36.7 Å². The maximum absolute atomic E-state index is 12.6. The number of anilines is 1. The molecule has 0 aliphatic carbocycles. The number of nitrogens with zero attached hydrogens (tertiary/aromatic N) is 4. The predicted octanol–water partition coefficient (Wildman–Crippen LogP) is 2.71. The number of carbonyl (C=O) groups is 2. The lowest BCUT2D eigenvalue weighted by atomic mass is 10.00. The summed E-state index contributed by atoms with van der Waals surface area (Å²) in [6, 6.07) is 7.79. The molecule has 0 saturated carbocycles. The molecule has 2 N–H and O–H groups in total. The normalized spacial score (nSPS) is 17.1. The standard InChI is InChI=1S/C23H31N5O4/c1-23(2,3)32-22(30)28-10-9-27(18(15-28)11-20(29)31-4)14-16-7-5-6-8-19(16)17-12-25-21(24)26-13-17/h5-8,12-13,18H,9-11,14-15H2,1-4H3,(H2,24,25,26). The van der Waals surface area contributed by atoms with E-state index < -0.39 is 5.60 Å². The molecule has 0 bridgehead atoms. The van der Waals surface area contributed by atoms with E-state index in [1.165, 1.54) is 7.11 Å². The molecule has 1 aromatic heterocycles. The van der Waals surface area contributed by atoms with E-state index >= 15 is 0 Å². The second-order valence-corrected chi connectivity index (χ2v) is 8.82. The number of rotatable bonds is 5. The summed E-state index contributed by atoms with van der Waals surface area (Å²) in [5, 5.41) is 0. The van der Waals surface area contributed by atoms with E-state index in [9.17, 15) is 9.59 Å². The summed E-state index contributed by atoms with van der Waals surface area (Å²) in [6.07, 6.45) is 3.22. The van der Waals surface area contributed by atoms with Crippen LogP contribution in [0.2, 0.25) is 0 Å². The molecule has 1 unspecified atom stereocenters. The van der Waals surface area contributed by atoms with Gasteiger partial charge in [0.15, 0.2) is 0 Å². The molecule has 1 saturated heterocycles. The summed E-state index contributed by atoms with van der Waals surface area (Å²) >= 11 is 0. The summed E-state index contributed by atoms with van der Waals surface area (Å²) in [4.78, 5) is 36.8. The molecule has 0 radical (unpaired) electrons. The van der Waals surface area contributed by atoms with E-state index in [2.05, 4.69) is 14.9 Å². The second kappa shape index (κ2) is 9.95. The highest BCUT2D eigenvalue weighted by molar-refractivity contribution is 5.71. The van der Waals surface area contributed by atoms with Crippen LogP contribution >= 0.6 is 0 Å². The highest BCUT2D eigenvalue weighted by Crippen LogP contribution is 2.26. The van der Waals surface area contributed by atoms with Gasteiger partial charge in [-0.05, 0) is 31.9 Å². The predicted molar refractivity (Wildman–Crippen MR) is 121 cm³/mol. The highest BCUT2D eigenvalue weighted by Gasteiger charge is 2.33. The molecule has 2 aromatic rings. The molecule has 0 spiro atoms. The number of aromatic nitrogens is 2. The van der Waals surface area contributed by atoms with Crippen molar-refractivity contribution in [3.05, 3.63) is 42.2 Å². The number of amides is 1. The maximum atomic E-state index is 12.6. The van der Waals surface area contributed by atoms with Gasteiger partial charge in [0, 0.05) is 50.2 Å². The molecule has 172 valence electrons. The van der Waals surface area contributed by atoms with Crippen molar-refractivity contribution < 1.29 is 19.1 Å². The highest BCUT2D eigenvalue weighted by atomic mass is 16.6. The van der Waals surface area contributed by atoms with E-state index in [0.29, 0.717) is 26.2 Å². The molecule has 2 heterocycles. The molecule has 1 aliphatic rings. The Hall–Kier alpha value is -3.20. The minimum absolute atomic E-state index is 0.183. The largest absolute Gasteiger partial charge is 0.469 e. The molecule has 1 aliphatic heterocycles. The molecule has 1 atom stereocenters. The van der Waals surface area contributed by atoms with Gasteiger partial charge in [0.2, 0.25) is 5.95 Å².